The maximum Gasteiger partial charge on any atom is 0.347 e. The Balaban J connectivity index is 2.92. The minimum atomic E-state index is -1.02. The zero-order valence-electron chi connectivity index (χ0n) is 4.10. The highest BCUT2D eigenvalue weighted by molar-refractivity contribution is 14.1. The van der Waals surface area contributed by atoms with Gasteiger partial charge in [-0.1, -0.05) is 0 Å². The van der Waals surface area contributed by atoms with E-state index in [2.05, 4.69) is 4.74 Å². The average molecular weight is 352 g/mol. The molecule has 1 heterocycles. The van der Waals surface area contributed by atoms with E-state index in [-0.39, 0.29) is 0 Å². The quantitative estimate of drug-likeness (QED) is 0.522. The van der Waals surface area contributed by atoms with Crippen LogP contribution in [0.2, 0.25) is 0 Å². The zero-order chi connectivity index (χ0) is 7.02. The second-order valence-corrected chi connectivity index (χ2v) is 3.66. The molecule has 1 rings (SSSR count). The predicted octanol–water partition coefficient (Wildman–Crippen LogP) is 0.943. The molecular weight excluding hydrogens is 350 g/mol. The van der Waals surface area contributed by atoms with E-state index in [1.54, 1.807) is 0 Å². The molecule has 0 saturated carbocycles. The summed E-state index contributed by atoms with van der Waals surface area (Å²) in [5.41, 5.74) is 0. The van der Waals surface area contributed by atoms with Crippen LogP contribution >= 0.6 is 45.2 Å². The lowest BCUT2D eigenvalue weighted by atomic mass is 10.5. The molecule has 1 atom stereocenters. The summed E-state index contributed by atoms with van der Waals surface area (Å²) >= 11 is 3.71. The first-order valence-electron chi connectivity index (χ1n) is 2.07. The van der Waals surface area contributed by atoms with Crippen LogP contribution in [0, 0.1) is 0 Å². The number of carbonyl (C=O) groups excluding carboxylic acids is 1. The van der Waals surface area contributed by atoms with Crippen LogP contribution in [0.1, 0.15) is 0 Å². The topological polar surface area (TPSA) is 46.5 Å². The molecule has 0 aromatic carbocycles. The van der Waals surface area contributed by atoms with Crippen molar-refractivity contribution in [2.45, 2.75) is 6.29 Å². The van der Waals surface area contributed by atoms with Gasteiger partial charge in [0.25, 0.3) is 0 Å². The Morgan fingerprint density at radius 3 is 2.22 bits per heavy atom. The van der Waals surface area contributed by atoms with Crippen molar-refractivity contribution in [1.82, 2.24) is 0 Å². The van der Waals surface area contributed by atoms with Crippen molar-refractivity contribution < 1.29 is 14.6 Å². The lowest BCUT2D eigenvalue weighted by Crippen LogP contribution is -2.06. The van der Waals surface area contributed by atoms with Crippen LogP contribution in [0.4, 0.5) is 0 Å². The van der Waals surface area contributed by atoms with Gasteiger partial charge >= 0.3 is 5.97 Å². The molecule has 0 radical (unpaired) electrons. The van der Waals surface area contributed by atoms with Gasteiger partial charge in [0.2, 0.25) is 6.29 Å². The Morgan fingerprint density at radius 2 is 2.11 bits per heavy atom. The summed E-state index contributed by atoms with van der Waals surface area (Å²) in [4.78, 5) is 10.5. The second-order valence-electron chi connectivity index (χ2n) is 1.42. The third-order valence-electron chi connectivity index (χ3n) is 0.824. The molecule has 1 N–H and O–H groups in total. The Labute approximate surface area is 78.7 Å². The number of aliphatic hydroxyl groups is 1. The molecule has 9 heavy (non-hydrogen) atoms. The molecular formula is C4H2I2O3. The number of hydrogen-bond donors (Lipinski definition) is 1. The number of aliphatic hydroxyl groups excluding tert-OH is 1. The van der Waals surface area contributed by atoms with E-state index < -0.39 is 12.3 Å². The van der Waals surface area contributed by atoms with Crippen LogP contribution in [0.25, 0.3) is 0 Å². The third-order valence-corrected chi connectivity index (χ3v) is 3.95. The SMILES string of the molecule is O=C1OC(O)C(I)=C1I. The van der Waals surface area contributed by atoms with Gasteiger partial charge < -0.3 is 9.84 Å². The van der Waals surface area contributed by atoms with Crippen molar-refractivity contribution in [2.24, 2.45) is 0 Å². The zero-order valence-corrected chi connectivity index (χ0v) is 8.41. The average Bonchev–Trinajstić information content (AvgIpc) is 1.98. The van der Waals surface area contributed by atoms with Gasteiger partial charge in [0.15, 0.2) is 0 Å². The minimum absolute atomic E-state index is 0.437. The van der Waals surface area contributed by atoms with Gasteiger partial charge in [0.05, 0.1) is 3.58 Å². The Bertz CT molecular complexity index is 186. The smallest absolute Gasteiger partial charge is 0.347 e. The Morgan fingerprint density at radius 1 is 1.56 bits per heavy atom. The Hall–Kier alpha value is 0.630. The third kappa shape index (κ3) is 1.37. The van der Waals surface area contributed by atoms with Gasteiger partial charge in [-0.15, -0.1) is 0 Å². The van der Waals surface area contributed by atoms with Crippen LogP contribution in [0.3, 0.4) is 0 Å². The van der Waals surface area contributed by atoms with Crippen LogP contribution in [0.15, 0.2) is 7.16 Å². The summed E-state index contributed by atoms with van der Waals surface area (Å²) in [5.74, 6) is -0.437. The highest BCUT2D eigenvalue weighted by Crippen LogP contribution is 2.30. The number of rotatable bonds is 0. The van der Waals surface area contributed by atoms with E-state index >= 15 is 0 Å². The van der Waals surface area contributed by atoms with E-state index in [1.807, 2.05) is 45.2 Å². The van der Waals surface area contributed by atoms with Crippen molar-refractivity contribution >= 4 is 51.2 Å². The molecule has 1 aliphatic rings. The maximum absolute atomic E-state index is 10.5. The molecule has 5 heteroatoms. The number of esters is 1. The molecule has 0 bridgehead atoms. The maximum atomic E-state index is 10.5. The van der Waals surface area contributed by atoms with Gasteiger partial charge in [-0.25, -0.2) is 4.79 Å². The molecule has 0 fully saturated rings. The van der Waals surface area contributed by atoms with Crippen molar-refractivity contribution in [3.8, 4) is 0 Å². The summed E-state index contributed by atoms with van der Waals surface area (Å²) in [6.07, 6.45) is -1.02. The van der Waals surface area contributed by atoms with Gasteiger partial charge in [0.1, 0.15) is 3.58 Å². The summed E-state index contributed by atoms with van der Waals surface area (Å²) in [7, 11) is 0. The van der Waals surface area contributed by atoms with Gasteiger partial charge in [0, 0.05) is 0 Å². The summed E-state index contributed by atoms with van der Waals surface area (Å²) < 4.78 is 5.45. The van der Waals surface area contributed by atoms with Gasteiger partial charge in [-0.2, -0.15) is 0 Å². The molecule has 0 spiro atoms. The van der Waals surface area contributed by atoms with Crippen molar-refractivity contribution in [3.63, 3.8) is 0 Å². The Kier molecular flexibility index (Phi) is 2.32. The van der Waals surface area contributed by atoms with E-state index in [4.69, 9.17) is 5.11 Å². The molecule has 50 valence electrons. The fraction of sp³-hybridized carbons (Fsp3) is 0.250. The molecule has 0 amide bonds. The highest BCUT2D eigenvalue weighted by Gasteiger charge is 2.28. The summed E-state index contributed by atoms with van der Waals surface area (Å²) in [5, 5.41) is 8.83. The molecule has 0 aromatic rings. The van der Waals surface area contributed by atoms with Crippen molar-refractivity contribution in [1.29, 1.82) is 0 Å². The fourth-order valence-corrected chi connectivity index (χ4v) is 1.15. The normalized spacial score (nSPS) is 27.0. The first-order chi connectivity index (χ1) is 4.13. The predicted molar refractivity (Wildman–Crippen MR) is 47.2 cm³/mol. The number of cyclic esters (lactones) is 1. The molecule has 0 aromatic heterocycles. The largest absolute Gasteiger partial charge is 0.427 e. The van der Waals surface area contributed by atoms with E-state index in [0.717, 1.165) is 0 Å². The first kappa shape index (κ1) is 7.73. The first-order valence-corrected chi connectivity index (χ1v) is 4.23. The van der Waals surface area contributed by atoms with Gasteiger partial charge in [-0.05, 0) is 45.2 Å². The molecule has 3 nitrogen and oxygen atoms in total. The minimum Gasteiger partial charge on any atom is -0.427 e. The molecule has 1 aliphatic heterocycles. The van der Waals surface area contributed by atoms with Crippen LogP contribution in [-0.4, -0.2) is 17.4 Å². The molecule has 0 saturated heterocycles. The number of ether oxygens (including phenoxy) is 1. The van der Waals surface area contributed by atoms with Crippen molar-refractivity contribution in [2.75, 3.05) is 0 Å². The number of hydrogen-bond acceptors (Lipinski definition) is 3. The van der Waals surface area contributed by atoms with E-state index in [0.29, 0.717) is 7.16 Å². The fourth-order valence-electron chi connectivity index (χ4n) is 0.411. The monoisotopic (exact) mass is 352 g/mol. The lowest BCUT2D eigenvalue weighted by molar-refractivity contribution is -0.150. The lowest BCUT2D eigenvalue weighted by Gasteiger charge is -1.98. The van der Waals surface area contributed by atoms with Crippen LogP contribution in [-0.2, 0) is 9.53 Å². The van der Waals surface area contributed by atoms with Crippen LogP contribution in [0.5, 0.6) is 0 Å². The van der Waals surface area contributed by atoms with Crippen LogP contribution < -0.4 is 0 Å². The molecule has 0 aliphatic carbocycles. The summed E-state index contributed by atoms with van der Waals surface area (Å²) in [6, 6.07) is 0. The van der Waals surface area contributed by atoms with E-state index in [9.17, 15) is 4.79 Å². The van der Waals surface area contributed by atoms with E-state index in [1.165, 1.54) is 0 Å². The second kappa shape index (κ2) is 2.70. The number of carbonyl (C=O) groups is 1. The number of halogens is 2. The highest BCUT2D eigenvalue weighted by atomic mass is 127. The van der Waals surface area contributed by atoms with Crippen molar-refractivity contribution in [3.05, 3.63) is 7.16 Å². The summed E-state index contributed by atoms with van der Waals surface area (Å²) in [6.45, 7) is 0. The van der Waals surface area contributed by atoms with Gasteiger partial charge in [-0.3, -0.25) is 0 Å². The standard InChI is InChI=1S/C4H2I2O3/c5-1-2(6)4(8)9-3(1)7/h3,7H. The molecule has 1 unspecified atom stereocenters.